The molecule has 1 heterocycles. The molecule has 4 N–H and O–H groups in total. The molecule has 0 bridgehead atoms. The minimum atomic E-state index is -3.69. The van der Waals surface area contributed by atoms with Gasteiger partial charge in [0.05, 0.1) is 22.4 Å². The fourth-order valence-electron chi connectivity index (χ4n) is 1.72. The topological polar surface area (TPSA) is 101 Å². The summed E-state index contributed by atoms with van der Waals surface area (Å²) < 4.78 is 27.1. The molecule has 0 aliphatic heterocycles. The third-order valence-corrected chi connectivity index (χ3v) is 5.12. The first kappa shape index (κ1) is 15.1. The number of aromatic amines is 1. The predicted molar refractivity (Wildman–Crippen MR) is 73.7 cm³/mol. The van der Waals surface area contributed by atoms with E-state index in [9.17, 15) is 8.42 Å². The van der Waals surface area contributed by atoms with E-state index < -0.39 is 15.6 Å². The van der Waals surface area contributed by atoms with E-state index in [4.69, 9.17) is 18.0 Å². The van der Waals surface area contributed by atoms with Gasteiger partial charge >= 0.3 is 0 Å². The maximum absolute atomic E-state index is 12.3. The number of aryl methyl sites for hydroxylation is 1. The summed E-state index contributed by atoms with van der Waals surface area (Å²) in [7, 11) is -3.69. The number of sulfonamides is 1. The Morgan fingerprint density at radius 3 is 2.44 bits per heavy atom. The number of nitrogens with two attached hydrogens (primary N) is 1. The molecule has 1 aromatic rings. The quantitative estimate of drug-likeness (QED) is 0.674. The van der Waals surface area contributed by atoms with Crippen LogP contribution in [0.15, 0.2) is 11.1 Å². The molecule has 0 aromatic carbocycles. The van der Waals surface area contributed by atoms with Gasteiger partial charge in [0.2, 0.25) is 10.0 Å². The lowest BCUT2D eigenvalue weighted by Gasteiger charge is -2.31. The zero-order chi connectivity index (χ0) is 14.0. The van der Waals surface area contributed by atoms with Crippen molar-refractivity contribution in [3.63, 3.8) is 0 Å². The third kappa shape index (κ3) is 2.70. The lowest BCUT2D eigenvalue weighted by Crippen LogP contribution is -2.55. The second-order valence-corrected chi connectivity index (χ2v) is 6.21. The van der Waals surface area contributed by atoms with Gasteiger partial charge in [-0.1, -0.05) is 26.1 Å². The lowest BCUT2D eigenvalue weighted by atomic mass is 9.94. The van der Waals surface area contributed by atoms with E-state index in [1.807, 2.05) is 13.8 Å². The highest BCUT2D eigenvalue weighted by Gasteiger charge is 2.35. The number of nitrogens with one attached hydrogen (secondary N) is 2. The minimum Gasteiger partial charge on any atom is -0.392 e. The summed E-state index contributed by atoms with van der Waals surface area (Å²) in [6, 6.07) is 0. The summed E-state index contributed by atoms with van der Waals surface area (Å²) >= 11 is 4.99. The van der Waals surface area contributed by atoms with Crippen LogP contribution in [0.25, 0.3) is 0 Å². The molecule has 8 heteroatoms. The zero-order valence-corrected chi connectivity index (χ0v) is 12.3. The van der Waals surface area contributed by atoms with Crippen LogP contribution in [0.1, 0.15) is 32.4 Å². The molecule has 0 amide bonds. The van der Waals surface area contributed by atoms with Crippen LogP contribution >= 0.6 is 12.2 Å². The fraction of sp³-hybridized carbons (Fsp3) is 0.600. The first-order valence-corrected chi connectivity index (χ1v) is 7.52. The lowest BCUT2D eigenvalue weighted by molar-refractivity contribution is 0.465. The smallest absolute Gasteiger partial charge is 0.244 e. The van der Waals surface area contributed by atoms with Crippen LogP contribution in [-0.4, -0.2) is 29.1 Å². The Morgan fingerprint density at radius 2 is 2.11 bits per heavy atom. The number of aromatic nitrogens is 2. The summed E-state index contributed by atoms with van der Waals surface area (Å²) in [4.78, 5) is 0.266. The highest BCUT2D eigenvalue weighted by Crippen LogP contribution is 2.21. The average Bonchev–Trinajstić information content (AvgIpc) is 2.73. The summed E-state index contributed by atoms with van der Waals surface area (Å²) in [5, 5.41) is 6.30. The van der Waals surface area contributed by atoms with E-state index >= 15 is 0 Å². The molecule has 0 saturated carbocycles. The molecular weight excluding hydrogens is 272 g/mol. The number of hydrogen-bond acceptors (Lipinski definition) is 4. The van der Waals surface area contributed by atoms with Crippen LogP contribution in [0, 0.1) is 6.92 Å². The second kappa shape index (κ2) is 5.33. The Bertz CT molecular complexity index is 532. The summed E-state index contributed by atoms with van der Waals surface area (Å²) in [6.07, 6.45) is 2.26. The molecule has 0 unspecified atom stereocenters. The average molecular weight is 290 g/mol. The van der Waals surface area contributed by atoms with E-state index in [-0.39, 0.29) is 9.88 Å². The van der Waals surface area contributed by atoms with Gasteiger partial charge in [-0.05, 0) is 19.8 Å². The first-order valence-electron chi connectivity index (χ1n) is 5.63. The second-order valence-electron chi connectivity index (χ2n) is 4.12. The van der Waals surface area contributed by atoms with Gasteiger partial charge < -0.3 is 5.73 Å². The van der Waals surface area contributed by atoms with Crippen LogP contribution in [-0.2, 0) is 10.0 Å². The number of H-pyrrole nitrogens is 1. The Balaban J connectivity index is 3.16. The van der Waals surface area contributed by atoms with Crippen LogP contribution in [0.5, 0.6) is 0 Å². The first-order chi connectivity index (χ1) is 8.29. The molecule has 1 aromatic heterocycles. The van der Waals surface area contributed by atoms with Crippen molar-refractivity contribution in [1.82, 2.24) is 14.9 Å². The maximum atomic E-state index is 12.3. The normalized spacial score (nSPS) is 12.6. The fourth-order valence-corrected chi connectivity index (χ4v) is 3.78. The van der Waals surface area contributed by atoms with Gasteiger partial charge in [-0.15, -0.1) is 0 Å². The SMILES string of the molecule is CCC(CC)(NS(=O)(=O)c1cn[nH]c1C)C(N)=S. The highest BCUT2D eigenvalue weighted by molar-refractivity contribution is 7.89. The molecule has 6 nitrogen and oxygen atoms in total. The van der Waals surface area contributed by atoms with Crippen molar-refractivity contribution in [2.45, 2.75) is 44.0 Å². The van der Waals surface area contributed by atoms with Crippen LogP contribution in [0.2, 0.25) is 0 Å². The van der Waals surface area contributed by atoms with E-state index in [1.54, 1.807) is 6.92 Å². The van der Waals surface area contributed by atoms with Crippen molar-refractivity contribution < 1.29 is 8.42 Å². The largest absolute Gasteiger partial charge is 0.392 e. The molecular formula is C10H18N4O2S2. The molecule has 0 fully saturated rings. The Hall–Kier alpha value is -0.990. The molecule has 1 rings (SSSR count). The van der Waals surface area contributed by atoms with E-state index in [1.165, 1.54) is 6.20 Å². The molecule has 102 valence electrons. The third-order valence-electron chi connectivity index (χ3n) is 3.08. The van der Waals surface area contributed by atoms with E-state index in [0.717, 1.165) is 0 Å². The van der Waals surface area contributed by atoms with Gasteiger partial charge in [0.25, 0.3) is 0 Å². The molecule has 0 spiro atoms. The van der Waals surface area contributed by atoms with Gasteiger partial charge in [0.1, 0.15) is 4.90 Å². The number of thiocarbonyl (C=S) groups is 1. The summed E-state index contributed by atoms with van der Waals surface area (Å²) in [5.74, 6) is 0. The van der Waals surface area contributed by atoms with Gasteiger partial charge in [0, 0.05) is 0 Å². The molecule has 0 aliphatic rings. The van der Waals surface area contributed by atoms with E-state index in [0.29, 0.717) is 18.5 Å². The van der Waals surface area contributed by atoms with Gasteiger partial charge in [0.15, 0.2) is 0 Å². The molecule has 0 radical (unpaired) electrons. The Morgan fingerprint density at radius 1 is 1.56 bits per heavy atom. The maximum Gasteiger partial charge on any atom is 0.244 e. The van der Waals surface area contributed by atoms with Gasteiger partial charge in [-0.2, -0.15) is 9.82 Å². The molecule has 0 atom stereocenters. The van der Waals surface area contributed by atoms with Crippen molar-refractivity contribution in [2.75, 3.05) is 0 Å². The van der Waals surface area contributed by atoms with Crippen molar-refractivity contribution >= 4 is 27.2 Å². The summed E-state index contributed by atoms with van der Waals surface area (Å²) in [5.41, 5.74) is 5.26. The monoisotopic (exact) mass is 290 g/mol. The van der Waals surface area contributed by atoms with Crippen molar-refractivity contribution in [3.8, 4) is 0 Å². The Kier molecular flexibility index (Phi) is 4.46. The minimum absolute atomic E-state index is 0.116. The van der Waals surface area contributed by atoms with E-state index in [2.05, 4.69) is 14.9 Å². The van der Waals surface area contributed by atoms with Crippen LogP contribution in [0.4, 0.5) is 0 Å². The standard InChI is InChI=1S/C10H18N4O2S2/c1-4-10(5-2,9(11)17)14-18(15,16)8-6-12-13-7(8)3/h6,14H,4-5H2,1-3H3,(H2,11,17)(H,12,13). The van der Waals surface area contributed by atoms with Crippen LogP contribution < -0.4 is 10.5 Å². The number of rotatable bonds is 6. The Labute approximate surface area is 112 Å². The zero-order valence-electron chi connectivity index (χ0n) is 10.6. The van der Waals surface area contributed by atoms with Crippen LogP contribution in [0.3, 0.4) is 0 Å². The van der Waals surface area contributed by atoms with Gasteiger partial charge in [-0.25, -0.2) is 8.42 Å². The molecule has 0 saturated heterocycles. The highest BCUT2D eigenvalue weighted by atomic mass is 32.2. The van der Waals surface area contributed by atoms with Crippen molar-refractivity contribution in [3.05, 3.63) is 11.9 Å². The predicted octanol–water partition coefficient (Wildman–Crippen LogP) is 0.841. The molecule has 18 heavy (non-hydrogen) atoms. The molecule has 0 aliphatic carbocycles. The van der Waals surface area contributed by atoms with Gasteiger partial charge in [-0.3, -0.25) is 5.10 Å². The van der Waals surface area contributed by atoms with Crippen molar-refractivity contribution in [1.29, 1.82) is 0 Å². The van der Waals surface area contributed by atoms with Crippen molar-refractivity contribution in [2.24, 2.45) is 5.73 Å². The summed E-state index contributed by atoms with van der Waals surface area (Å²) in [6.45, 7) is 5.32. The number of nitrogens with zero attached hydrogens (tertiary/aromatic N) is 1. The number of hydrogen-bond donors (Lipinski definition) is 3.